The van der Waals surface area contributed by atoms with Crippen LogP contribution in [0, 0.1) is 0 Å². The van der Waals surface area contributed by atoms with Gasteiger partial charge in [-0.25, -0.2) is 13.1 Å². The summed E-state index contributed by atoms with van der Waals surface area (Å²) < 4.78 is 25.1. The molecule has 0 spiro atoms. The fraction of sp³-hybridized carbons (Fsp3) is 1.00. The van der Waals surface area contributed by atoms with Crippen LogP contribution in [-0.4, -0.2) is 38.3 Å². The van der Waals surface area contributed by atoms with Crippen molar-refractivity contribution >= 4 is 21.8 Å². The van der Waals surface area contributed by atoms with Crippen LogP contribution in [0.5, 0.6) is 0 Å². The highest BCUT2D eigenvalue weighted by atomic mass is 32.2. The van der Waals surface area contributed by atoms with Gasteiger partial charge in [-0.1, -0.05) is 6.42 Å². The van der Waals surface area contributed by atoms with Gasteiger partial charge in [0, 0.05) is 18.3 Å². The van der Waals surface area contributed by atoms with E-state index in [0.717, 1.165) is 12.2 Å². The number of hydrogen-bond acceptors (Lipinski definition) is 4. The van der Waals surface area contributed by atoms with E-state index in [1.807, 2.05) is 11.8 Å². The molecule has 14 heavy (non-hydrogen) atoms. The topological polar surface area (TPSA) is 72.2 Å². The molecule has 0 aromatic carbocycles. The average molecular weight is 238 g/mol. The molecule has 1 aliphatic heterocycles. The van der Waals surface area contributed by atoms with E-state index in [4.69, 9.17) is 5.73 Å². The average Bonchev–Trinajstić information content (AvgIpc) is 2.17. The number of hydrogen-bond donors (Lipinski definition) is 2. The minimum atomic E-state index is -3.12. The Morgan fingerprint density at radius 1 is 1.43 bits per heavy atom. The summed E-state index contributed by atoms with van der Waals surface area (Å²) in [4.78, 5) is 0. The van der Waals surface area contributed by atoms with Crippen LogP contribution in [0.25, 0.3) is 0 Å². The van der Waals surface area contributed by atoms with Gasteiger partial charge in [-0.2, -0.15) is 11.8 Å². The van der Waals surface area contributed by atoms with Crippen molar-refractivity contribution < 1.29 is 8.42 Å². The zero-order chi connectivity index (χ0) is 10.4. The minimum absolute atomic E-state index is 0.0321. The number of thioether (sulfide) groups is 1. The minimum Gasteiger partial charge on any atom is -0.329 e. The number of nitrogens with one attached hydrogen (secondary N) is 1. The molecule has 1 fully saturated rings. The van der Waals surface area contributed by atoms with E-state index >= 15 is 0 Å². The van der Waals surface area contributed by atoms with Gasteiger partial charge in [0.25, 0.3) is 0 Å². The van der Waals surface area contributed by atoms with Crippen molar-refractivity contribution in [3.63, 3.8) is 0 Å². The summed E-state index contributed by atoms with van der Waals surface area (Å²) in [6.45, 7) is 0.750. The lowest BCUT2D eigenvalue weighted by Gasteiger charge is -2.21. The molecule has 1 atom stereocenters. The standard InChI is InChI=1S/C8H18N2O2S2/c9-4-6-14(11,12)10-7-8-3-1-2-5-13-8/h8,10H,1-7,9H2. The molecule has 1 saturated heterocycles. The van der Waals surface area contributed by atoms with Crippen LogP contribution in [0.2, 0.25) is 0 Å². The molecular weight excluding hydrogens is 220 g/mol. The molecule has 4 nitrogen and oxygen atoms in total. The quantitative estimate of drug-likeness (QED) is 0.715. The van der Waals surface area contributed by atoms with Crippen LogP contribution < -0.4 is 10.5 Å². The van der Waals surface area contributed by atoms with Gasteiger partial charge in [0.2, 0.25) is 10.0 Å². The molecule has 1 unspecified atom stereocenters. The van der Waals surface area contributed by atoms with Crippen LogP contribution >= 0.6 is 11.8 Å². The molecular formula is C8H18N2O2S2. The summed E-state index contributed by atoms with van der Waals surface area (Å²) in [5.74, 6) is 1.19. The van der Waals surface area contributed by atoms with Crippen molar-refractivity contribution in [3.8, 4) is 0 Å². The van der Waals surface area contributed by atoms with E-state index in [0.29, 0.717) is 11.8 Å². The summed E-state index contributed by atoms with van der Waals surface area (Å²) in [6, 6.07) is 0. The van der Waals surface area contributed by atoms with Crippen LogP contribution in [0.15, 0.2) is 0 Å². The fourth-order valence-electron chi connectivity index (χ4n) is 1.42. The molecule has 6 heteroatoms. The second kappa shape index (κ2) is 5.95. The monoisotopic (exact) mass is 238 g/mol. The Labute approximate surface area is 90.1 Å². The Bertz CT molecular complexity index is 248. The van der Waals surface area contributed by atoms with Gasteiger partial charge in [0.15, 0.2) is 0 Å². The van der Waals surface area contributed by atoms with Crippen LogP contribution in [-0.2, 0) is 10.0 Å². The van der Waals surface area contributed by atoms with Gasteiger partial charge in [-0.3, -0.25) is 0 Å². The normalized spacial score (nSPS) is 23.6. The van der Waals surface area contributed by atoms with Crippen molar-refractivity contribution in [1.29, 1.82) is 0 Å². The highest BCUT2D eigenvalue weighted by molar-refractivity contribution is 8.00. The van der Waals surface area contributed by atoms with Crippen LogP contribution in [0.4, 0.5) is 0 Å². The van der Waals surface area contributed by atoms with E-state index in [9.17, 15) is 8.42 Å². The Morgan fingerprint density at radius 2 is 2.21 bits per heavy atom. The molecule has 1 aliphatic rings. The SMILES string of the molecule is NCCS(=O)(=O)NCC1CCCCS1. The van der Waals surface area contributed by atoms with Gasteiger partial charge in [-0.05, 0) is 18.6 Å². The van der Waals surface area contributed by atoms with Crippen molar-refractivity contribution in [3.05, 3.63) is 0 Å². The number of rotatable bonds is 5. The number of sulfonamides is 1. The Balaban J connectivity index is 2.24. The first-order chi connectivity index (χ1) is 6.64. The molecule has 84 valence electrons. The van der Waals surface area contributed by atoms with Crippen molar-refractivity contribution in [2.75, 3.05) is 24.6 Å². The Morgan fingerprint density at radius 3 is 2.79 bits per heavy atom. The smallest absolute Gasteiger partial charge is 0.212 e. The van der Waals surface area contributed by atoms with Gasteiger partial charge in [0.1, 0.15) is 0 Å². The van der Waals surface area contributed by atoms with E-state index in [-0.39, 0.29) is 12.3 Å². The molecule has 0 radical (unpaired) electrons. The summed E-state index contributed by atoms with van der Waals surface area (Å²) in [6.07, 6.45) is 3.60. The molecule has 0 aromatic heterocycles. The molecule has 0 aliphatic carbocycles. The van der Waals surface area contributed by atoms with Crippen LogP contribution in [0.3, 0.4) is 0 Å². The highest BCUT2D eigenvalue weighted by Crippen LogP contribution is 2.24. The molecule has 0 bridgehead atoms. The molecule has 0 aromatic rings. The van der Waals surface area contributed by atoms with Gasteiger partial charge >= 0.3 is 0 Å². The second-order valence-corrected chi connectivity index (χ2v) is 6.78. The lowest BCUT2D eigenvalue weighted by atomic mass is 10.2. The first-order valence-corrected chi connectivity index (χ1v) is 7.63. The maximum absolute atomic E-state index is 11.3. The van der Waals surface area contributed by atoms with Crippen molar-refractivity contribution in [2.45, 2.75) is 24.5 Å². The lowest BCUT2D eigenvalue weighted by molar-refractivity contribution is 0.573. The third kappa shape index (κ3) is 4.63. The maximum atomic E-state index is 11.3. The van der Waals surface area contributed by atoms with E-state index in [1.54, 1.807) is 0 Å². The predicted octanol–water partition coefficient (Wildman–Crippen LogP) is 0.150. The number of nitrogens with two attached hydrogens (primary N) is 1. The maximum Gasteiger partial charge on any atom is 0.212 e. The zero-order valence-corrected chi connectivity index (χ0v) is 9.87. The summed E-state index contributed by atoms with van der Waals surface area (Å²) in [5, 5.41) is 0.455. The highest BCUT2D eigenvalue weighted by Gasteiger charge is 2.16. The van der Waals surface area contributed by atoms with E-state index < -0.39 is 10.0 Å². The molecule has 1 rings (SSSR count). The lowest BCUT2D eigenvalue weighted by Crippen LogP contribution is -2.35. The molecule has 1 heterocycles. The summed E-state index contributed by atoms with van der Waals surface area (Å²) in [7, 11) is -3.12. The third-order valence-corrected chi connectivity index (χ3v) is 4.97. The fourth-order valence-corrected chi connectivity index (χ4v) is 3.67. The van der Waals surface area contributed by atoms with Crippen LogP contribution in [0.1, 0.15) is 19.3 Å². The predicted molar refractivity (Wildman–Crippen MR) is 60.9 cm³/mol. The molecule has 0 saturated carbocycles. The van der Waals surface area contributed by atoms with Crippen molar-refractivity contribution in [2.24, 2.45) is 5.73 Å². The second-order valence-electron chi connectivity index (χ2n) is 3.44. The molecule has 0 amide bonds. The Hall–Kier alpha value is 0.220. The molecule has 3 N–H and O–H groups in total. The first kappa shape index (κ1) is 12.3. The van der Waals surface area contributed by atoms with Gasteiger partial charge in [0.05, 0.1) is 5.75 Å². The first-order valence-electron chi connectivity index (χ1n) is 4.93. The Kier molecular flexibility index (Phi) is 5.22. The summed E-state index contributed by atoms with van der Waals surface area (Å²) >= 11 is 1.86. The van der Waals surface area contributed by atoms with E-state index in [1.165, 1.54) is 12.8 Å². The summed E-state index contributed by atoms with van der Waals surface area (Å²) in [5.41, 5.74) is 5.20. The van der Waals surface area contributed by atoms with Gasteiger partial charge < -0.3 is 5.73 Å². The van der Waals surface area contributed by atoms with Crippen molar-refractivity contribution in [1.82, 2.24) is 4.72 Å². The van der Waals surface area contributed by atoms with Gasteiger partial charge in [-0.15, -0.1) is 0 Å². The van der Waals surface area contributed by atoms with E-state index in [2.05, 4.69) is 4.72 Å². The largest absolute Gasteiger partial charge is 0.329 e. The zero-order valence-electron chi connectivity index (χ0n) is 8.24. The third-order valence-electron chi connectivity index (χ3n) is 2.19.